The molecular formula is C18H29N. The number of hydrogen-bond donors (Lipinski definition) is 1. The fraction of sp³-hybridized carbons (Fsp3) is 0.667. The Morgan fingerprint density at radius 1 is 1.21 bits per heavy atom. The van der Waals surface area contributed by atoms with Crippen LogP contribution in [-0.4, -0.2) is 12.6 Å². The van der Waals surface area contributed by atoms with Crippen LogP contribution in [0.15, 0.2) is 18.2 Å². The van der Waals surface area contributed by atoms with Crippen LogP contribution >= 0.6 is 0 Å². The third kappa shape index (κ3) is 4.99. The molecule has 0 spiro atoms. The van der Waals surface area contributed by atoms with Gasteiger partial charge >= 0.3 is 0 Å². The van der Waals surface area contributed by atoms with Crippen LogP contribution in [0.2, 0.25) is 0 Å². The average Bonchev–Trinajstić information content (AvgIpc) is 3.21. The Balaban J connectivity index is 1.90. The molecule has 0 aromatic heterocycles. The van der Waals surface area contributed by atoms with Crippen molar-refractivity contribution < 1.29 is 0 Å². The molecule has 0 bridgehead atoms. The monoisotopic (exact) mass is 259 g/mol. The summed E-state index contributed by atoms with van der Waals surface area (Å²) < 4.78 is 0. The van der Waals surface area contributed by atoms with Gasteiger partial charge in [-0.3, -0.25) is 0 Å². The van der Waals surface area contributed by atoms with E-state index in [9.17, 15) is 0 Å². The normalized spacial score (nSPS) is 16.6. The van der Waals surface area contributed by atoms with Crippen molar-refractivity contribution in [1.29, 1.82) is 0 Å². The molecule has 0 aliphatic heterocycles. The highest BCUT2D eigenvalue weighted by atomic mass is 14.9. The molecule has 0 radical (unpaired) electrons. The summed E-state index contributed by atoms with van der Waals surface area (Å²) in [7, 11) is 0. The summed E-state index contributed by atoms with van der Waals surface area (Å²) in [5.74, 6) is 1.05. The highest BCUT2D eigenvalue weighted by Gasteiger charge is 2.22. The largest absolute Gasteiger partial charge is 0.314 e. The second-order valence-corrected chi connectivity index (χ2v) is 6.29. The highest BCUT2D eigenvalue weighted by Crippen LogP contribution is 2.34. The van der Waals surface area contributed by atoms with E-state index in [1.165, 1.54) is 55.2 Å². The van der Waals surface area contributed by atoms with Crippen LogP contribution in [0.5, 0.6) is 0 Å². The number of hydrogen-bond acceptors (Lipinski definition) is 1. The summed E-state index contributed by atoms with van der Waals surface area (Å²) in [6.45, 7) is 7.82. The summed E-state index contributed by atoms with van der Waals surface area (Å²) in [6.07, 6.45) is 8.14. The molecule has 1 fully saturated rings. The van der Waals surface area contributed by atoms with Gasteiger partial charge in [0.1, 0.15) is 0 Å². The molecule has 1 aliphatic carbocycles. The first-order valence-corrected chi connectivity index (χ1v) is 7.98. The molecule has 1 unspecified atom stereocenters. The minimum absolute atomic E-state index is 0.669. The van der Waals surface area contributed by atoms with Gasteiger partial charge in [0.05, 0.1) is 0 Å². The Kier molecular flexibility index (Phi) is 5.45. The van der Waals surface area contributed by atoms with Gasteiger partial charge in [0.2, 0.25) is 0 Å². The van der Waals surface area contributed by atoms with Crippen molar-refractivity contribution in [2.45, 2.75) is 65.3 Å². The molecule has 106 valence electrons. The van der Waals surface area contributed by atoms with E-state index >= 15 is 0 Å². The molecule has 1 nitrogen and oxygen atoms in total. The summed E-state index contributed by atoms with van der Waals surface area (Å²) >= 11 is 0. The molecule has 0 amide bonds. The first-order chi connectivity index (χ1) is 9.19. The number of nitrogens with one attached hydrogen (secondary N) is 1. The lowest BCUT2D eigenvalue weighted by Gasteiger charge is -2.19. The van der Waals surface area contributed by atoms with Gasteiger partial charge in [-0.05, 0) is 68.7 Å². The topological polar surface area (TPSA) is 12.0 Å². The summed E-state index contributed by atoms with van der Waals surface area (Å²) in [5.41, 5.74) is 4.32. The fourth-order valence-electron chi connectivity index (χ4n) is 2.68. The van der Waals surface area contributed by atoms with E-state index in [1.807, 2.05) is 0 Å². The van der Waals surface area contributed by atoms with E-state index in [-0.39, 0.29) is 0 Å². The molecule has 19 heavy (non-hydrogen) atoms. The predicted octanol–water partition coefficient (Wildman–Crippen LogP) is 4.40. The lowest BCUT2D eigenvalue weighted by molar-refractivity contribution is 0.452. The molecule has 1 atom stereocenters. The van der Waals surface area contributed by atoms with E-state index in [0.717, 1.165) is 12.5 Å². The maximum absolute atomic E-state index is 3.74. The SMILES string of the molecule is CCCNC(CCC1CC1)Cc1ccc(C)c(C)c1. The average molecular weight is 259 g/mol. The summed E-state index contributed by atoms with van der Waals surface area (Å²) in [5, 5.41) is 3.74. The van der Waals surface area contributed by atoms with Gasteiger partial charge in [-0.2, -0.15) is 0 Å². The Morgan fingerprint density at radius 2 is 2.00 bits per heavy atom. The Morgan fingerprint density at radius 3 is 2.63 bits per heavy atom. The highest BCUT2D eigenvalue weighted by molar-refractivity contribution is 5.30. The van der Waals surface area contributed by atoms with Gasteiger partial charge < -0.3 is 5.32 Å². The van der Waals surface area contributed by atoms with Gasteiger partial charge in [-0.25, -0.2) is 0 Å². The van der Waals surface area contributed by atoms with Crippen LogP contribution < -0.4 is 5.32 Å². The molecule has 1 heteroatoms. The zero-order valence-corrected chi connectivity index (χ0v) is 12.8. The Labute approximate surface area is 118 Å². The predicted molar refractivity (Wildman–Crippen MR) is 83.7 cm³/mol. The lowest BCUT2D eigenvalue weighted by atomic mass is 9.97. The third-order valence-electron chi connectivity index (χ3n) is 4.36. The lowest BCUT2D eigenvalue weighted by Crippen LogP contribution is -2.32. The molecule has 1 aromatic rings. The molecule has 0 heterocycles. The van der Waals surface area contributed by atoms with Crippen LogP contribution in [0.3, 0.4) is 0 Å². The van der Waals surface area contributed by atoms with Gasteiger partial charge in [-0.1, -0.05) is 38.0 Å². The smallest absolute Gasteiger partial charge is 0.0108 e. The minimum atomic E-state index is 0.669. The van der Waals surface area contributed by atoms with Crippen LogP contribution in [0.25, 0.3) is 0 Å². The number of aryl methyl sites for hydroxylation is 2. The fourth-order valence-corrected chi connectivity index (χ4v) is 2.68. The van der Waals surface area contributed by atoms with Crippen molar-refractivity contribution in [3.8, 4) is 0 Å². The van der Waals surface area contributed by atoms with Crippen LogP contribution in [0, 0.1) is 19.8 Å². The van der Waals surface area contributed by atoms with Gasteiger partial charge in [0.25, 0.3) is 0 Å². The quantitative estimate of drug-likeness (QED) is 0.729. The molecule has 1 aliphatic rings. The van der Waals surface area contributed by atoms with Gasteiger partial charge in [0.15, 0.2) is 0 Å². The van der Waals surface area contributed by atoms with E-state index in [4.69, 9.17) is 0 Å². The van der Waals surface area contributed by atoms with Crippen LogP contribution in [0.4, 0.5) is 0 Å². The zero-order chi connectivity index (χ0) is 13.7. The number of benzene rings is 1. The van der Waals surface area contributed by atoms with Gasteiger partial charge in [0, 0.05) is 6.04 Å². The minimum Gasteiger partial charge on any atom is -0.314 e. The summed E-state index contributed by atoms with van der Waals surface area (Å²) in [4.78, 5) is 0. The van der Waals surface area contributed by atoms with Crippen LogP contribution in [0.1, 0.15) is 55.7 Å². The molecular weight excluding hydrogens is 230 g/mol. The molecule has 2 rings (SSSR count). The van der Waals surface area contributed by atoms with Crippen molar-refractivity contribution in [2.24, 2.45) is 5.92 Å². The Bertz CT molecular complexity index is 393. The molecule has 1 N–H and O–H groups in total. The van der Waals surface area contributed by atoms with Gasteiger partial charge in [-0.15, -0.1) is 0 Å². The van der Waals surface area contributed by atoms with E-state index < -0.39 is 0 Å². The third-order valence-corrected chi connectivity index (χ3v) is 4.36. The standard InChI is InChI=1S/C18H29N/c1-4-11-19-18(10-9-16-7-8-16)13-17-6-5-14(2)15(3)12-17/h5-6,12,16,18-19H,4,7-11,13H2,1-3H3. The van der Waals surface area contributed by atoms with Crippen molar-refractivity contribution in [1.82, 2.24) is 5.32 Å². The van der Waals surface area contributed by atoms with Crippen LogP contribution in [-0.2, 0) is 6.42 Å². The first-order valence-electron chi connectivity index (χ1n) is 7.98. The van der Waals surface area contributed by atoms with Crippen molar-refractivity contribution in [3.63, 3.8) is 0 Å². The van der Waals surface area contributed by atoms with E-state index in [0.29, 0.717) is 6.04 Å². The van der Waals surface area contributed by atoms with Crippen molar-refractivity contribution >= 4 is 0 Å². The maximum atomic E-state index is 3.74. The van der Waals surface area contributed by atoms with Crippen molar-refractivity contribution in [2.75, 3.05) is 6.54 Å². The maximum Gasteiger partial charge on any atom is 0.0108 e. The second-order valence-electron chi connectivity index (χ2n) is 6.29. The molecule has 1 saturated carbocycles. The molecule has 0 saturated heterocycles. The molecule has 1 aromatic carbocycles. The Hall–Kier alpha value is -0.820. The summed E-state index contributed by atoms with van der Waals surface area (Å²) in [6, 6.07) is 7.61. The zero-order valence-electron chi connectivity index (χ0n) is 12.8. The second kappa shape index (κ2) is 7.09. The van der Waals surface area contributed by atoms with Crippen molar-refractivity contribution in [3.05, 3.63) is 34.9 Å². The van der Waals surface area contributed by atoms with E-state index in [1.54, 1.807) is 0 Å². The van der Waals surface area contributed by atoms with E-state index in [2.05, 4.69) is 44.3 Å². The first kappa shape index (κ1) is 14.6. The number of rotatable bonds is 8.